The molecule has 2 aliphatic rings. The molecule has 2 aromatic carbocycles. The van der Waals surface area contributed by atoms with E-state index in [0.717, 1.165) is 36.3 Å². The molecule has 3 N–H and O–H groups in total. The zero-order chi connectivity index (χ0) is 23.9. The lowest BCUT2D eigenvalue weighted by Gasteiger charge is -2.43. The SMILES string of the molecule is CCNC(=O)Nc1cccc(C2OC(CN3CCCCC3)C(C)C(c3ccc(CO)cc3)O2)c1. The van der Waals surface area contributed by atoms with E-state index in [-0.39, 0.29) is 30.8 Å². The van der Waals surface area contributed by atoms with Crippen molar-refractivity contribution in [3.8, 4) is 0 Å². The number of rotatable bonds is 7. The molecule has 4 rings (SSSR count). The standard InChI is InChI=1S/C27H37N3O4/c1-3-28-27(32)29-23-9-7-8-22(16-23)26-33-24(17-30-14-5-4-6-15-30)19(2)25(34-26)21-12-10-20(18-31)11-13-21/h7-13,16,19,24-26,31H,3-6,14-15,17-18H2,1-2H3,(H2,28,29,32). The number of piperidine rings is 1. The van der Waals surface area contributed by atoms with E-state index < -0.39 is 6.29 Å². The number of urea groups is 1. The Morgan fingerprint density at radius 3 is 2.53 bits per heavy atom. The van der Waals surface area contributed by atoms with Gasteiger partial charge in [0.1, 0.15) is 0 Å². The molecule has 2 aromatic rings. The summed E-state index contributed by atoms with van der Waals surface area (Å²) in [5.41, 5.74) is 3.54. The summed E-state index contributed by atoms with van der Waals surface area (Å²) in [5, 5.41) is 15.1. The molecule has 0 spiro atoms. The number of nitrogens with zero attached hydrogens (tertiary/aromatic N) is 1. The maximum absolute atomic E-state index is 12.0. The summed E-state index contributed by atoms with van der Waals surface area (Å²) in [6, 6.07) is 15.4. The van der Waals surface area contributed by atoms with Crippen molar-refractivity contribution < 1.29 is 19.4 Å². The van der Waals surface area contributed by atoms with Gasteiger partial charge in [-0.2, -0.15) is 0 Å². The van der Waals surface area contributed by atoms with Gasteiger partial charge in [-0.15, -0.1) is 0 Å². The average Bonchev–Trinajstić information content (AvgIpc) is 2.86. The molecule has 0 saturated carbocycles. The molecule has 4 unspecified atom stereocenters. The number of aliphatic hydroxyl groups is 1. The zero-order valence-electron chi connectivity index (χ0n) is 20.2. The quantitative estimate of drug-likeness (QED) is 0.554. The van der Waals surface area contributed by atoms with Crippen molar-refractivity contribution in [3.05, 3.63) is 65.2 Å². The van der Waals surface area contributed by atoms with E-state index in [4.69, 9.17) is 9.47 Å². The Morgan fingerprint density at radius 1 is 1.06 bits per heavy atom. The molecule has 0 aromatic heterocycles. The second kappa shape index (κ2) is 11.8. The van der Waals surface area contributed by atoms with E-state index in [2.05, 4.69) is 22.5 Å². The van der Waals surface area contributed by atoms with Gasteiger partial charge < -0.3 is 30.1 Å². The summed E-state index contributed by atoms with van der Waals surface area (Å²) in [6.07, 6.45) is 3.11. The van der Waals surface area contributed by atoms with E-state index in [0.29, 0.717) is 12.2 Å². The third-order valence-corrected chi connectivity index (χ3v) is 6.76. The number of ether oxygens (including phenoxy) is 2. The third-order valence-electron chi connectivity index (χ3n) is 6.76. The molecule has 0 radical (unpaired) electrons. The Hall–Kier alpha value is -2.45. The highest BCUT2D eigenvalue weighted by molar-refractivity contribution is 5.89. The van der Waals surface area contributed by atoms with Crippen LogP contribution in [0.4, 0.5) is 10.5 Å². The van der Waals surface area contributed by atoms with E-state index >= 15 is 0 Å². The van der Waals surface area contributed by atoms with Gasteiger partial charge in [-0.05, 0) is 56.1 Å². The van der Waals surface area contributed by atoms with Crippen LogP contribution in [0.3, 0.4) is 0 Å². The molecule has 2 amide bonds. The van der Waals surface area contributed by atoms with Crippen molar-refractivity contribution in [3.63, 3.8) is 0 Å². The van der Waals surface area contributed by atoms with Crippen LogP contribution < -0.4 is 10.6 Å². The zero-order valence-corrected chi connectivity index (χ0v) is 20.2. The normalized spacial score (nSPS) is 25.6. The van der Waals surface area contributed by atoms with E-state index in [9.17, 15) is 9.90 Å². The minimum atomic E-state index is -0.538. The Balaban J connectivity index is 1.57. The highest BCUT2D eigenvalue weighted by Crippen LogP contribution is 2.42. The first kappa shape index (κ1) is 24.7. The van der Waals surface area contributed by atoms with Crippen molar-refractivity contribution in [2.24, 2.45) is 5.92 Å². The van der Waals surface area contributed by atoms with Crippen LogP contribution in [0.2, 0.25) is 0 Å². The van der Waals surface area contributed by atoms with Gasteiger partial charge in [0, 0.05) is 30.3 Å². The molecule has 2 fully saturated rings. The van der Waals surface area contributed by atoms with E-state index in [1.54, 1.807) is 0 Å². The maximum Gasteiger partial charge on any atom is 0.319 e. The fourth-order valence-electron chi connectivity index (χ4n) is 4.82. The van der Waals surface area contributed by atoms with Crippen LogP contribution in [-0.2, 0) is 16.1 Å². The number of hydrogen-bond donors (Lipinski definition) is 3. The van der Waals surface area contributed by atoms with Gasteiger partial charge in [0.25, 0.3) is 0 Å². The van der Waals surface area contributed by atoms with Crippen molar-refractivity contribution in [1.82, 2.24) is 10.2 Å². The van der Waals surface area contributed by atoms with Gasteiger partial charge in [0.2, 0.25) is 0 Å². The molecule has 2 saturated heterocycles. The molecule has 0 bridgehead atoms. The smallest absolute Gasteiger partial charge is 0.319 e. The van der Waals surface area contributed by atoms with Crippen molar-refractivity contribution in [2.75, 3.05) is 31.5 Å². The first-order chi connectivity index (χ1) is 16.6. The Bertz CT molecular complexity index is 930. The molecular weight excluding hydrogens is 430 g/mol. The van der Waals surface area contributed by atoms with Gasteiger partial charge in [0.15, 0.2) is 6.29 Å². The first-order valence-electron chi connectivity index (χ1n) is 12.4. The van der Waals surface area contributed by atoms with Gasteiger partial charge in [-0.3, -0.25) is 0 Å². The van der Waals surface area contributed by atoms with Gasteiger partial charge >= 0.3 is 6.03 Å². The summed E-state index contributed by atoms with van der Waals surface area (Å²) in [7, 11) is 0. The van der Waals surface area contributed by atoms with Gasteiger partial charge in [-0.1, -0.05) is 49.7 Å². The number of hydrogen-bond acceptors (Lipinski definition) is 5. The minimum Gasteiger partial charge on any atom is -0.392 e. The highest BCUT2D eigenvalue weighted by atomic mass is 16.7. The number of amides is 2. The molecule has 7 heteroatoms. The van der Waals surface area contributed by atoms with Crippen LogP contribution in [-0.4, -0.2) is 48.3 Å². The van der Waals surface area contributed by atoms with Gasteiger partial charge in [0.05, 0.1) is 18.8 Å². The topological polar surface area (TPSA) is 83.1 Å². The molecule has 4 atom stereocenters. The molecule has 2 aliphatic heterocycles. The summed E-state index contributed by atoms with van der Waals surface area (Å²) in [6.45, 7) is 7.77. The van der Waals surface area contributed by atoms with Crippen LogP contribution in [0.5, 0.6) is 0 Å². The predicted octanol–water partition coefficient (Wildman–Crippen LogP) is 4.60. The average molecular weight is 468 g/mol. The second-order valence-electron chi connectivity index (χ2n) is 9.29. The number of benzene rings is 2. The number of nitrogens with one attached hydrogen (secondary N) is 2. The van der Waals surface area contributed by atoms with Crippen molar-refractivity contribution in [1.29, 1.82) is 0 Å². The lowest BCUT2D eigenvalue weighted by molar-refractivity contribution is -0.276. The monoisotopic (exact) mass is 467 g/mol. The predicted molar refractivity (Wildman–Crippen MR) is 132 cm³/mol. The fraction of sp³-hybridized carbons (Fsp3) is 0.519. The number of carbonyl (C=O) groups is 1. The van der Waals surface area contributed by atoms with Crippen molar-refractivity contribution >= 4 is 11.7 Å². The highest BCUT2D eigenvalue weighted by Gasteiger charge is 2.39. The van der Waals surface area contributed by atoms with Crippen LogP contribution in [0.25, 0.3) is 0 Å². The molecule has 184 valence electrons. The second-order valence-corrected chi connectivity index (χ2v) is 9.29. The van der Waals surface area contributed by atoms with E-state index in [1.807, 2.05) is 55.5 Å². The third kappa shape index (κ3) is 6.16. The molecular formula is C27H37N3O4. The fourth-order valence-corrected chi connectivity index (χ4v) is 4.82. The number of anilines is 1. The summed E-state index contributed by atoms with van der Waals surface area (Å²) in [4.78, 5) is 14.5. The summed E-state index contributed by atoms with van der Waals surface area (Å²) >= 11 is 0. The lowest BCUT2D eigenvalue weighted by atomic mass is 9.89. The lowest BCUT2D eigenvalue weighted by Crippen LogP contribution is -2.45. The Kier molecular flexibility index (Phi) is 8.56. The number of likely N-dealkylation sites (tertiary alicyclic amines) is 1. The number of carbonyl (C=O) groups excluding carboxylic acids is 1. The largest absolute Gasteiger partial charge is 0.392 e. The Labute approximate surface area is 202 Å². The number of aliphatic hydroxyl groups excluding tert-OH is 1. The maximum atomic E-state index is 12.0. The van der Waals surface area contributed by atoms with Crippen LogP contribution >= 0.6 is 0 Å². The van der Waals surface area contributed by atoms with Gasteiger partial charge in [-0.25, -0.2) is 4.79 Å². The summed E-state index contributed by atoms with van der Waals surface area (Å²) in [5.74, 6) is 0.162. The molecule has 7 nitrogen and oxygen atoms in total. The molecule has 2 heterocycles. The van der Waals surface area contributed by atoms with Crippen LogP contribution in [0.15, 0.2) is 48.5 Å². The minimum absolute atomic E-state index is 0.0133. The van der Waals surface area contributed by atoms with Crippen molar-refractivity contribution in [2.45, 2.75) is 58.2 Å². The van der Waals surface area contributed by atoms with Crippen LogP contribution in [0, 0.1) is 5.92 Å². The first-order valence-corrected chi connectivity index (χ1v) is 12.4. The molecule has 0 aliphatic carbocycles. The van der Waals surface area contributed by atoms with E-state index in [1.165, 1.54) is 19.3 Å². The van der Waals surface area contributed by atoms with Crippen LogP contribution in [0.1, 0.15) is 62.2 Å². The summed E-state index contributed by atoms with van der Waals surface area (Å²) < 4.78 is 13.1. The Morgan fingerprint density at radius 2 is 1.82 bits per heavy atom. The molecule has 34 heavy (non-hydrogen) atoms.